The number of carbonyl (C=O) groups excluding carboxylic acids is 4. The fraction of sp³-hybridized carbons (Fsp3) is 0.750. The van der Waals surface area contributed by atoms with Crippen LogP contribution in [0, 0.1) is 0 Å². The molecule has 0 saturated carbocycles. The zero-order valence-corrected chi connectivity index (χ0v) is 21.3. The minimum atomic E-state index is -1.29. The molecule has 1 aliphatic rings. The van der Waals surface area contributed by atoms with E-state index in [0.717, 1.165) is 32.5 Å². The van der Waals surface area contributed by atoms with Crippen LogP contribution in [0.4, 0.5) is 0 Å². The first-order chi connectivity index (χ1) is 15.9. The number of ether oxygens (including phenoxy) is 5. The highest BCUT2D eigenvalue weighted by atomic mass is 32.2. The minimum absolute atomic E-state index is 0.225. The number of unbranched alkanes of at least 4 members (excludes halogenated alkanes) is 1. The molecule has 0 aliphatic carbocycles. The van der Waals surface area contributed by atoms with E-state index in [1.54, 1.807) is 6.26 Å². The number of oxime groups is 1. The molecule has 1 rings (SSSR count). The number of rotatable bonds is 11. The largest absolute Gasteiger partial charge is 0.463 e. The minimum Gasteiger partial charge on any atom is -0.463 e. The molecule has 1 fully saturated rings. The van der Waals surface area contributed by atoms with Crippen molar-refractivity contribution in [3.05, 3.63) is 0 Å². The van der Waals surface area contributed by atoms with Crippen molar-refractivity contribution < 1.29 is 52.3 Å². The molecule has 0 aromatic heterocycles. The molecule has 0 aromatic rings. The maximum absolute atomic E-state index is 11.8. The summed E-state index contributed by atoms with van der Waals surface area (Å²) in [7, 11) is -0.954. The summed E-state index contributed by atoms with van der Waals surface area (Å²) in [6, 6.07) is 0. The Morgan fingerprint density at radius 2 is 1.47 bits per heavy atom. The Hall–Kier alpha value is -2.19. The van der Waals surface area contributed by atoms with Gasteiger partial charge in [0.1, 0.15) is 23.2 Å². The van der Waals surface area contributed by atoms with E-state index in [9.17, 15) is 28.6 Å². The van der Waals surface area contributed by atoms with E-state index in [1.807, 2.05) is 0 Å². The van der Waals surface area contributed by atoms with Crippen LogP contribution in [-0.2, 0) is 53.7 Å². The van der Waals surface area contributed by atoms with Crippen LogP contribution in [0.25, 0.3) is 0 Å². The molecule has 1 unspecified atom stereocenters. The smallest absolute Gasteiger partial charge is 0.303 e. The van der Waals surface area contributed by atoms with Crippen molar-refractivity contribution in [2.75, 3.05) is 18.6 Å². The summed E-state index contributed by atoms with van der Waals surface area (Å²) in [6.07, 6.45) is -1.78. The number of nitrogens with zero attached hydrogens (tertiary/aromatic N) is 1. The van der Waals surface area contributed by atoms with Gasteiger partial charge < -0.3 is 28.9 Å². The number of hydrogen-bond donors (Lipinski definition) is 1. The Labute approximate surface area is 204 Å². The number of carbonyl (C=O) groups is 4. The van der Waals surface area contributed by atoms with Gasteiger partial charge in [-0.2, -0.15) is 0 Å². The Morgan fingerprint density at radius 3 is 1.97 bits per heavy atom. The SMILES string of the molecule is CC(=O)OC[C@H]1O[C@@H](S/C(CCCCS(C)=O)=N\O)[C@H](OC(C)=O)[C@@H](OC(C)=O)[C@@H]1OC(C)=O. The lowest BCUT2D eigenvalue weighted by molar-refractivity contribution is -0.237. The quantitative estimate of drug-likeness (QED) is 0.0779. The van der Waals surface area contributed by atoms with E-state index in [-0.39, 0.29) is 11.7 Å². The van der Waals surface area contributed by atoms with Crippen LogP contribution >= 0.6 is 11.8 Å². The third-order valence-corrected chi connectivity index (χ3v) is 6.42. The van der Waals surface area contributed by atoms with Gasteiger partial charge in [0.05, 0.1) is 0 Å². The number of esters is 4. The van der Waals surface area contributed by atoms with Crippen LogP contribution in [0.3, 0.4) is 0 Å². The summed E-state index contributed by atoms with van der Waals surface area (Å²) >= 11 is 0.917. The second kappa shape index (κ2) is 14.9. The molecule has 1 N–H and O–H groups in total. The van der Waals surface area contributed by atoms with Crippen molar-refractivity contribution in [1.82, 2.24) is 0 Å². The number of thioether (sulfide) groups is 1. The van der Waals surface area contributed by atoms with E-state index in [4.69, 9.17) is 23.7 Å². The average Bonchev–Trinajstić information content (AvgIpc) is 2.71. The molecular formula is C20H31NO11S2. The van der Waals surface area contributed by atoms with Crippen molar-refractivity contribution in [3.63, 3.8) is 0 Å². The van der Waals surface area contributed by atoms with Gasteiger partial charge in [0.15, 0.2) is 18.3 Å². The lowest BCUT2D eigenvalue weighted by Crippen LogP contribution is -2.61. The van der Waals surface area contributed by atoms with E-state index < -0.39 is 64.5 Å². The highest BCUT2D eigenvalue weighted by Crippen LogP contribution is 2.35. The molecule has 12 nitrogen and oxygen atoms in total. The predicted molar refractivity (Wildman–Crippen MR) is 122 cm³/mol. The number of hydrogen-bond acceptors (Lipinski definition) is 13. The Bertz CT molecular complexity index is 788. The standard InChI is InChI=1S/C20H31NO11S2/c1-11(22)28-10-15-17(29-12(2)23)18(30-13(3)24)19(31-14(4)25)20(32-15)33-16(21-26)8-6-7-9-34(5)27/h15,17-20,26H,6-10H2,1-5H3/b21-16-/t15-,17-,18+,19-,20+,34?/m1/s1. The summed E-state index contributed by atoms with van der Waals surface area (Å²) in [5.74, 6) is -2.31. The van der Waals surface area contributed by atoms with Crippen LogP contribution in [-0.4, -0.2) is 86.8 Å². The molecule has 1 heterocycles. The zero-order valence-electron chi connectivity index (χ0n) is 19.7. The van der Waals surface area contributed by atoms with Gasteiger partial charge in [0.2, 0.25) is 0 Å². The highest BCUT2D eigenvalue weighted by molar-refractivity contribution is 8.14. The molecular weight excluding hydrogens is 494 g/mol. The second-order valence-electron chi connectivity index (χ2n) is 7.41. The predicted octanol–water partition coefficient (Wildman–Crippen LogP) is 1.14. The third-order valence-electron chi connectivity index (χ3n) is 4.38. The molecule has 6 atom stereocenters. The van der Waals surface area contributed by atoms with Gasteiger partial charge in [0, 0.05) is 50.5 Å². The topological polar surface area (TPSA) is 164 Å². The van der Waals surface area contributed by atoms with Gasteiger partial charge in [-0.15, -0.1) is 0 Å². The summed E-state index contributed by atoms with van der Waals surface area (Å²) in [4.78, 5) is 46.8. The Morgan fingerprint density at radius 1 is 0.912 bits per heavy atom. The van der Waals surface area contributed by atoms with E-state index in [0.29, 0.717) is 25.0 Å². The van der Waals surface area contributed by atoms with Gasteiger partial charge in [-0.1, -0.05) is 16.9 Å². The maximum atomic E-state index is 11.8. The average molecular weight is 526 g/mol. The Kier molecular flexibility index (Phi) is 13.1. The molecule has 1 saturated heterocycles. The fourth-order valence-electron chi connectivity index (χ4n) is 3.13. The lowest BCUT2D eigenvalue weighted by Gasteiger charge is -2.44. The molecule has 1 aliphatic heterocycles. The van der Waals surface area contributed by atoms with Gasteiger partial charge in [0.25, 0.3) is 0 Å². The highest BCUT2D eigenvalue weighted by Gasteiger charge is 2.52. The first kappa shape index (κ1) is 29.8. The van der Waals surface area contributed by atoms with Gasteiger partial charge in [-0.05, 0) is 19.3 Å². The normalized spacial score (nSPS) is 25.7. The van der Waals surface area contributed by atoms with Crippen molar-refractivity contribution >= 4 is 51.5 Å². The summed E-state index contributed by atoms with van der Waals surface area (Å²) in [5, 5.41) is 13.0. The van der Waals surface area contributed by atoms with Crippen LogP contribution in [0.1, 0.15) is 47.0 Å². The Balaban J connectivity index is 3.24. The molecule has 194 valence electrons. The van der Waals surface area contributed by atoms with Crippen molar-refractivity contribution in [2.24, 2.45) is 5.16 Å². The van der Waals surface area contributed by atoms with Gasteiger partial charge >= 0.3 is 23.9 Å². The zero-order chi connectivity index (χ0) is 25.8. The summed E-state index contributed by atoms with van der Waals surface area (Å²) in [6.45, 7) is 4.25. The van der Waals surface area contributed by atoms with E-state index in [1.165, 1.54) is 6.92 Å². The van der Waals surface area contributed by atoms with E-state index >= 15 is 0 Å². The van der Waals surface area contributed by atoms with Crippen LogP contribution in [0.15, 0.2) is 5.16 Å². The van der Waals surface area contributed by atoms with Crippen LogP contribution < -0.4 is 0 Å². The first-order valence-corrected chi connectivity index (χ1v) is 13.0. The van der Waals surface area contributed by atoms with Crippen LogP contribution in [0.2, 0.25) is 0 Å². The summed E-state index contributed by atoms with van der Waals surface area (Å²) < 4.78 is 38.2. The molecule has 0 aromatic carbocycles. The first-order valence-electron chi connectivity index (χ1n) is 10.4. The lowest BCUT2D eigenvalue weighted by atomic mass is 9.99. The molecule has 34 heavy (non-hydrogen) atoms. The van der Waals surface area contributed by atoms with E-state index in [2.05, 4.69) is 5.16 Å². The molecule has 0 bridgehead atoms. The molecule has 0 amide bonds. The van der Waals surface area contributed by atoms with Gasteiger partial charge in [-0.25, -0.2) is 0 Å². The van der Waals surface area contributed by atoms with Crippen molar-refractivity contribution in [2.45, 2.75) is 76.8 Å². The molecule has 14 heteroatoms. The summed E-state index contributed by atoms with van der Waals surface area (Å²) in [5.41, 5.74) is -1.06. The van der Waals surface area contributed by atoms with Crippen molar-refractivity contribution in [1.29, 1.82) is 0 Å². The second-order valence-corrected chi connectivity index (χ2v) is 10.1. The molecule has 0 radical (unpaired) electrons. The monoisotopic (exact) mass is 525 g/mol. The third kappa shape index (κ3) is 10.8. The fourth-order valence-corrected chi connectivity index (χ4v) is 4.86. The van der Waals surface area contributed by atoms with Crippen molar-refractivity contribution in [3.8, 4) is 0 Å². The van der Waals surface area contributed by atoms with Crippen LogP contribution in [0.5, 0.6) is 0 Å². The molecule has 0 spiro atoms. The van der Waals surface area contributed by atoms with Gasteiger partial charge in [-0.3, -0.25) is 23.4 Å². The maximum Gasteiger partial charge on any atom is 0.303 e.